The van der Waals surface area contributed by atoms with E-state index >= 15 is 4.39 Å². The van der Waals surface area contributed by atoms with Crippen molar-refractivity contribution in [3.63, 3.8) is 0 Å². The summed E-state index contributed by atoms with van der Waals surface area (Å²) in [6.45, 7) is 8.66. The molecular weight excluding hydrogens is 485 g/mol. The fourth-order valence-electron chi connectivity index (χ4n) is 8.83. The molecule has 2 N–H and O–H groups in total. The van der Waals surface area contributed by atoms with Crippen LogP contribution in [0.25, 0.3) is 0 Å². The zero-order chi connectivity index (χ0) is 27.3. The van der Waals surface area contributed by atoms with Crippen molar-refractivity contribution in [3.05, 3.63) is 53.6 Å². The van der Waals surface area contributed by atoms with Crippen LogP contribution in [0.15, 0.2) is 53.1 Å². The lowest BCUT2D eigenvalue weighted by Gasteiger charge is -2.62. The van der Waals surface area contributed by atoms with Gasteiger partial charge in [0.25, 0.3) is 0 Å². The molecule has 5 aliphatic rings. The minimum atomic E-state index is -1.93. The second-order valence-corrected chi connectivity index (χ2v) is 12.8. The molecule has 3 saturated carbocycles. The van der Waals surface area contributed by atoms with Crippen molar-refractivity contribution in [1.82, 2.24) is 0 Å². The molecule has 1 heterocycles. The second kappa shape index (κ2) is 8.17. The molecule has 0 unspecified atom stereocenters. The number of benzene rings is 1. The maximum absolute atomic E-state index is 17.7. The van der Waals surface area contributed by atoms with Crippen molar-refractivity contribution >= 4 is 17.2 Å². The minimum Gasteiger partial charge on any atom is -0.390 e. The summed E-state index contributed by atoms with van der Waals surface area (Å²) in [4.78, 5) is 18.2. The number of carbonyl (C=O) groups is 1. The third-order valence-corrected chi connectivity index (χ3v) is 10.6. The van der Waals surface area contributed by atoms with Crippen LogP contribution in [0.3, 0.4) is 0 Å². The SMILES string of the molecule is Cc1ccccc1/N=C1\C=C[C@@]2(C)C(=C1)CC[C@H]1[C@@H]3C[C@H]4OC(C)(C)O[C@@]4(C(=O)CO)[C@@]3(C)C[C@H](O)[C@@]12F. The summed E-state index contributed by atoms with van der Waals surface area (Å²) in [6.07, 6.45) is 5.54. The van der Waals surface area contributed by atoms with E-state index < -0.39 is 58.4 Å². The molecule has 1 aliphatic heterocycles. The molecule has 0 spiro atoms. The van der Waals surface area contributed by atoms with Gasteiger partial charge in [0.2, 0.25) is 0 Å². The molecule has 4 aliphatic carbocycles. The lowest BCUT2D eigenvalue weighted by atomic mass is 9.44. The van der Waals surface area contributed by atoms with E-state index in [1.807, 2.05) is 63.3 Å². The van der Waals surface area contributed by atoms with E-state index in [2.05, 4.69) is 0 Å². The number of hydrogen-bond donors (Lipinski definition) is 2. The Balaban J connectivity index is 1.40. The summed E-state index contributed by atoms with van der Waals surface area (Å²) >= 11 is 0. The van der Waals surface area contributed by atoms with Crippen LogP contribution >= 0.6 is 0 Å². The van der Waals surface area contributed by atoms with Crippen LogP contribution in [0.2, 0.25) is 0 Å². The normalized spacial score (nSPS) is 45.7. The van der Waals surface area contributed by atoms with Gasteiger partial charge in [-0.1, -0.05) is 36.8 Å². The van der Waals surface area contributed by atoms with Crippen LogP contribution in [0, 0.1) is 29.6 Å². The Bertz CT molecular complexity index is 1290. The van der Waals surface area contributed by atoms with Gasteiger partial charge in [0, 0.05) is 16.7 Å². The van der Waals surface area contributed by atoms with Gasteiger partial charge in [-0.05, 0) is 83.1 Å². The van der Waals surface area contributed by atoms with Crippen molar-refractivity contribution in [1.29, 1.82) is 0 Å². The fraction of sp³-hybridized carbons (Fsp3) is 0.613. The Morgan fingerprint density at radius 1 is 1.18 bits per heavy atom. The number of nitrogens with zero attached hydrogens (tertiary/aromatic N) is 1. The van der Waals surface area contributed by atoms with Gasteiger partial charge >= 0.3 is 0 Å². The quantitative estimate of drug-likeness (QED) is 0.587. The number of fused-ring (bicyclic) bond motifs is 7. The van der Waals surface area contributed by atoms with Gasteiger partial charge in [-0.25, -0.2) is 9.38 Å². The summed E-state index contributed by atoms with van der Waals surface area (Å²) in [6, 6.07) is 7.91. The highest BCUT2D eigenvalue weighted by Crippen LogP contribution is 2.72. The number of Topliss-reactive ketones (excluding diaryl/α,β-unsaturated/α-hetero) is 1. The highest BCUT2D eigenvalue weighted by atomic mass is 19.1. The summed E-state index contributed by atoms with van der Waals surface area (Å²) in [5, 5.41) is 21.7. The minimum absolute atomic E-state index is 0.0488. The maximum atomic E-state index is 17.7. The molecule has 204 valence electrons. The molecule has 38 heavy (non-hydrogen) atoms. The molecule has 0 aromatic heterocycles. The number of carbonyl (C=O) groups excluding carboxylic acids is 1. The third-order valence-electron chi connectivity index (χ3n) is 10.6. The Labute approximate surface area is 223 Å². The Hall–Kier alpha value is -2.19. The van der Waals surface area contributed by atoms with E-state index in [4.69, 9.17) is 14.5 Å². The zero-order valence-electron chi connectivity index (χ0n) is 22.8. The summed E-state index contributed by atoms with van der Waals surface area (Å²) in [5.74, 6) is -2.20. The van der Waals surface area contributed by atoms with Gasteiger partial charge in [0.1, 0.15) is 6.61 Å². The molecule has 1 saturated heterocycles. The van der Waals surface area contributed by atoms with Gasteiger partial charge in [0.15, 0.2) is 22.8 Å². The molecule has 1 aromatic carbocycles. The molecule has 1 aromatic rings. The maximum Gasteiger partial charge on any atom is 0.193 e. The first kappa shape index (κ1) is 26.1. The van der Waals surface area contributed by atoms with Crippen molar-refractivity contribution in [2.45, 2.75) is 89.6 Å². The fourth-order valence-corrected chi connectivity index (χ4v) is 8.83. The van der Waals surface area contributed by atoms with Crippen molar-refractivity contribution in [2.75, 3.05) is 6.61 Å². The second-order valence-electron chi connectivity index (χ2n) is 12.8. The van der Waals surface area contributed by atoms with Crippen molar-refractivity contribution < 1.29 is 28.9 Å². The lowest BCUT2D eigenvalue weighted by Crippen LogP contribution is -2.70. The van der Waals surface area contributed by atoms with E-state index in [-0.39, 0.29) is 12.3 Å². The van der Waals surface area contributed by atoms with Crippen LogP contribution in [-0.2, 0) is 14.3 Å². The number of aryl methyl sites for hydroxylation is 1. The molecule has 8 atom stereocenters. The Morgan fingerprint density at radius 2 is 1.92 bits per heavy atom. The summed E-state index contributed by atoms with van der Waals surface area (Å²) < 4.78 is 30.3. The zero-order valence-corrected chi connectivity index (χ0v) is 22.8. The topological polar surface area (TPSA) is 88.4 Å². The first-order chi connectivity index (χ1) is 17.8. The molecule has 0 amide bonds. The van der Waals surface area contributed by atoms with Gasteiger partial charge in [-0.2, -0.15) is 0 Å². The highest BCUT2D eigenvalue weighted by Gasteiger charge is 2.79. The molecular formula is C31H38FNO5. The van der Waals surface area contributed by atoms with Gasteiger partial charge in [0.05, 0.1) is 23.6 Å². The van der Waals surface area contributed by atoms with E-state index in [0.29, 0.717) is 19.3 Å². The van der Waals surface area contributed by atoms with Gasteiger partial charge in [-0.15, -0.1) is 0 Å². The lowest BCUT2D eigenvalue weighted by molar-refractivity contribution is -0.246. The Morgan fingerprint density at radius 3 is 2.63 bits per heavy atom. The monoisotopic (exact) mass is 523 g/mol. The largest absolute Gasteiger partial charge is 0.390 e. The number of hydrogen-bond acceptors (Lipinski definition) is 6. The number of rotatable bonds is 3. The average Bonchev–Trinajstić information content (AvgIpc) is 3.27. The smallest absolute Gasteiger partial charge is 0.193 e. The number of aliphatic hydroxyl groups excluding tert-OH is 2. The van der Waals surface area contributed by atoms with Crippen LogP contribution in [0.1, 0.15) is 58.9 Å². The third kappa shape index (κ3) is 3.13. The Kier molecular flexibility index (Phi) is 5.60. The van der Waals surface area contributed by atoms with Crippen LogP contribution in [-0.4, -0.2) is 57.6 Å². The highest BCUT2D eigenvalue weighted by molar-refractivity contribution is 6.07. The molecule has 7 heteroatoms. The number of para-hydroxylation sites is 1. The predicted molar refractivity (Wildman–Crippen MR) is 142 cm³/mol. The molecule has 6 rings (SSSR count). The number of halogens is 1. The van der Waals surface area contributed by atoms with Gasteiger partial charge < -0.3 is 19.7 Å². The number of alkyl halides is 1. The predicted octanol–water partition coefficient (Wildman–Crippen LogP) is 4.93. The molecule has 0 bridgehead atoms. The number of aliphatic imine (C=N–C) groups is 1. The number of ketones is 1. The van der Waals surface area contributed by atoms with Crippen molar-refractivity contribution in [2.24, 2.45) is 27.7 Å². The van der Waals surface area contributed by atoms with E-state index in [1.54, 1.807) is 13.8 Å². The molecule has 4 fully saturated rings. The molecule has 0 radical (unpaired) electrons. The van der Waals surface area contributed by atoms with Crippen LogP contribution in [0.5, 0.6) is 0 Å². The van der Waals surface area contributed by atoms with Gasteiger partial charge in [-0.3, -0.25) is 4.79 Å². The number of aliphatic hydroxyl groups is 2. The molecule has 6 nitrogen and oxygen atoms in total. The van der Waals surface area contributed by atoms with E-state index in [1.165, 1.54) is 0 Å². The standard InChI is InChI=1S/C31H38FNO5/c1-18-8-6-7-9-23(18)33-20-12-13-28(4)19(14-20)10-11-21-22-15-26-31(25(36)17-34,38-27(2,3)37-26)29(22,5)16-24(35)30(21,28)32/h6-9,12-14,21-22,24,26,34-35H,10-11,15-17H2,1-5H3/b33-20+/t21-,22-,24-,26+,28-,29-,30-,31+/m0/s1. The first-order valence-electron chi connectivity index (χ1n) is 13.8. The summed E-state index contributed by atoms with van der Waals surface area (Å²) in [5.41, 5.74) is -1.57. The number of ether oxygens (including phenoxy) is 2. The van der Waals surface area contributed by atoms with Crippen molar-refractivity contribution in [3.8, 4) is 0 Å². The average molecular weight is 524 g/mol. The first-order valence-corrected chi connectivity index (χ1v) is 13.8. The van der Waals surface area contributed by atoms with Crippen LogP contribution < -0.4 is 0 Å². The van der Waals surface area contributed by atoms with Crippen LogP contribution in [0.4, 0.5) is 10.1 Å². The number of allylic oxidation sites excluding steroid dienone is 4. The summed E-state index contributed by atoms with van der Waals surface area (Å²) in [7, 11) is 0. The van der Waals surface area contributed by atoms with E-state index in [0.717, 1.165) is 22.5 Å². The van der Waals surface area contributed by atoms with E-state index in [9.17, 15) is 15.0 Å².